The molecule has 2 heterocycles. The van der Waals surface area contributed by atoms with Crippen LogP contribution in [0.2, 0.25) is 0 Å². The van der Waals surface area contributed by atoms with Crippen molar-refractivity contribution < 1.29 is 17.6 Å². The second-order valence-corrected chi connectivity index (χ2v) is 9.58. The van der Waals surface area contributed by atoms with Crippen molar-refractivity contribution in [3.05, 3.63) is 53.5 Å². The van der Waals surface area contributed by atoms with Gasteiger partial charge in [-0.25, -0.2) is 13.1 Å². The summed E-state index contributed by atoms with van der Waals surface area (Å²) in [6.07, 6.45) is 5.25. The summed E-state index contributed by atoms with van der Waals surface area (Å²) in [5.74, 6) is 0.652. The molecular formula is C22H31N3O4S. The summed E-state index contributed by atoms with van der Waals surface area (Å²) in [6.45, 7) is 6.14. The van der Waals surface area contributed by atoms with Crippen LogP contribution in [0.5, 0.6) is 0 Å². The van der Waals surface area contributed by atoms with E-state index >= 15 is 0 Å². The van der Waals surface area contributed by atoms with E-state index in [1.165, 1.54) is 6.42 Å². The molecule has 3 rings (SSSR count). The van der Waals surface area contributed by atoms with E-state index in [-0.39, 0.29) is 29.8 Å². The van der Waals surface area contributed by atoms with E-state index in [1.54, 1.807) is 25.3 Å². The van der Waals surface area contributed by atoms with Crippen LogP contribution in [0, 0.1) is 13.8 Å². The van der Waals surface area contributed by atoms with E-state index in [4.69, 9.17) is 4.42 Å². The Morgan fingerprint density at radius 3 is 2.60 bits per heavy atom. The molecule has 2 N–H and O–H groups in total. The maximum absolute atomic E-state index is 12.5. The Balaban J connectivity index is 1.51. The molecule has 0 radical (unpaired) electrons. The van der Waals surface area contributed by atoms with Gasteiger partial charge in [-0.15, -0.1) is 0 Å². The highest BCUT2D eigenvalue weighted by atomic mass is 32.2. The van der Waals surface area contributed by atoms with Crippen LogP contribution in [-0.4, -0.2) is 45.4 Å². The molecule has 0 bridgehead atoms. The predicted molar refractivity (Wildman–Crippen MR) is 116 cm³/mol. The minimum atomic E-state index is -3.64. The van der Waals surface area contributed by atoms with E-state index in [0.29, 0.717) is 12.1 Å². The Labute approximate surface area is 178 Å². The van der Waals surface area contributed by atoms with Crippen molar-refractivity contribution in [1.29, 1.82) is 0 Å². The fourth-order valence-corrected chi connectivity index (χ4v) is 5.15. The molecule has 7 nitrogen and oxygen atoms in total. The number of rotatable bonds is 9. The lowest BCUT2D eigenvalue weighted by Gasteiger charge is -2.33. The zero-order valence-corrected chi connectivity index (χ0v) is 18.5. The number of amides is 1. The Bertz CT molecular complexity index is 935. The van der Waals surface area contributed by atoms with Gasteiger partial charge in [-0.1, -0.05) is 24.1 Å². The van der Waals surface area contributed by atoms with Crippen molar-refractivity contribution in [2.45, 2.75) is 50.5 Å². The molecule has 1 aromatic carbocycles. The second-order valence-electron chi connectivity index (χ2n) is 7.85. The molecule has 1 unspecified atom stereocenters. The third-order valence-corrected chi connectivity index (χ3v) is 7.08. The zero-order chi connectivity index (χ0) is 21.6. The van der Waals surface area contributed by atoms with Crippen molar-refractivity contribution in [2.75, 3.05) is 26.2 Å². The normalized spacial score (nSPS) is 16.3. The summed E-state index contributed by atoms with van der Waals surface area (Å²) in [5.41, 5.74) is 1.69. The number of piperidine rings is 1. The van der Waals surface area contributed by atoms with Crippen molar-refractivity contribution in [3.63, 3.8) is 0 Å². The van der Waals surface area contributed by atoms with Crippen molar-refractivity contribution >= 4 is 15.9 Å². The SMILES string of the molecule is Cc1ccc(S(=O)(=O)NCCC(=O)NCC(c2ccco2)N2CCCCC2)c(C)c1. The minimum absolute atomic E-state index is 0.00356. The van der Waals surface area contributed by atoms with Gasteiger partial charge in [0.15, 0.2) is 0 Å². The highest BCUT2D eigenvalue weighted by Crippen LogP contribution is 2.24. The molecular weight excluding hydrogens is 402 g/mol. The van der Waals surface area contributed by atoms with Gasteiger partial charge >= 0.3 is 0 Å². The van der Waals surface area contributed by atoms with Gasteiger partial charge in [0.05, 0.1) is 17.2 Å². The number of benzene rings is 1. The molecule has 1 saturated heterocycles. The number of aryl methyl sites for hydroxylation is 2. The summed E-state index contributed by atoms with van der Waals surface area (Å²) in [5, 5.41) is 2.94. The number of carbonyl (C=O) groups excluding carboxylic acids is 1. The van der Waals surface area contributed by atoms with E-state index in [0.717, 1.165) is 37.3 Å². The number of hydrogen-bond donors (Lipinski definition) is 2. The van der Waals surface area contributed by atoms with Crippen LogP contribution in [-0.2, 0) is 14.8 Å². The van der Waals surface area contributed by atoms with Crippen LogP contribution >= 0.6 is 0 Å². The van der Waals surface area contributed by atoms with Gasteiger partial charge in [-0.3, -0.25) is 9.69 Å². The molecule has 0 spiro atoms. The molecule has 30 heavy (non-hydrogen) atoms. The average molecular weight is 434 g/mol. The van der Waals surface area contributed by atoms with E-state index in [2.05, 4.69) is 14.9 Å². The summed E-state index contributed by atoms with van der Waals surface area (Å²) < 4.78 is 33.1. The van der Waals surface area contributed by atoms with Gasteiger partial charge in [0.1, 0.15) is 5.76 Å². The van der Waals surface area contributed by atoms with Gasteiger partial charge in [0, 0.05) is 19.5 Å². The Hall–Kier alpha value is -2.16. The monoisotopic (exact) mass is 433 g/mol. The summed E-state index contributed by atoms with van der Waals surface area (Å²) in [4.78, 5) is 14.9. The van der Waals surface area contributed by atoms with Crippen LogP contribution in [0.1, 0.15) is 48.6 Å². The first kappa shape index (κ1) is 22.5. The Morgan fingerprint density at radius 2 is 1.93 bits per heavy atom. The van der Waals surface area contributed by atoms with Crippen LogP contribution in [0.15, 0.2) is 45.9 Å². The fourth-order valence-electron chi connectivity index (χ4n) is 3.90. The number of carbonyl (C=O) groups is 1. The number of furan rings is 1. The molecule has 1 atom stereocenters. The quantitative estimate of drug-likeness (QED) is 0.634. The van der Waals surface area contributed by atoms with Gasteiger partial charge in [0.2, 0.25) is 15.9 Å². The Morgan fingerprint density at radius 1 is 1.17 bits per heavy atom. The summed E-state index contributed by atoms with van der Waals surface area (Å²) >= 11 is 0. The maximum atomic E-state index is 12.5. The molecule has 1 aromatic heterocycles. The summed E-state index contributed by atoms with van der Waals surface area (Å²) in [7, 11) is -3.64. The number of sulfonamides is 1. The molecule has 0 aliphatic carbocycles. The lowest BCUT2D eigenvalue weighted by molar-refractivity contribution is -0.121. The van der Waals surface area contributed by atoms with Crippen LogP contribution in [0.4, 0.5) is 0 Å². The second kappa shape index (κ2) is 10.2. The molecule has 2 aromatic rings. The third kappa shape index (κ3) is 5.93. The highest BCUT2D eigenvalue weighted by molar-refractivity contribution is 7.89. The minimum Gasteiger partial charge on any atom is -0.468 e. The van der Waals surface area contributed by atoms with Gasteiger partial charge in [-0.05, 0) is 63.5 Å². The molecule has 164 valence electrons. The van der Waals surface area contributed by atoms with Gasteiger partial charge in [0.25, 0.3) is 0 Å². The van der Waals surface area contributed by atoms with Crippen molar-refractivity contribution in [3.8, 4) is 0 Å². The Kier molecular flexibility index (Phi) is 7.69. The first-order chi connectivity index (χ1) is 14.4. The lowest BCUT2D eigenvalue weighted by Crippen LogP contribution is -2.41. The average Bonchev–Trinajstić information content (AvgIpc) is 3.23. The molecule has 1 fully saturated rings. The number of nitrogens with zero attached hydrogens (tertiary/aromatic N) is 1. The smallest absolute Gasteiger partial charge is 0.240 e. The zero-order valence-electron chi connectivity index (χ0n) is 17.7. The largest absolute Gasteiger partial charge is 0.468 e. The predicted octanol–water partition coefficient (Wildman–Crippen LogP) is 2.91. The maximum Gasteiger partial charge on any atom is 0.240 e. The standard InChI is InChI=1S/C22H31N3O4S/c1-17-8-9-21(18(2)15-17)30(27,28)24-11-10-22(26)23-16-19(20-7-6-14-29-20)25-12-4-3-5-13-25/h6-9,14-15,19,24H,3-5,10-13,16H2,1-2H3,(H,23,26). The fraction of sp³-hybridized carbons (Fsp3) is 0.500. The molecule has 0 saturated carbocycles. The van der Waals surface area contributed by atoms with Crippen molar-refractivity contribution in [2.24, 2.45) is 0 Å². The van der Waals surface area contributed by atoms with Crippen LogP contribution in [0.25, 0.3) is 0 Å². The highest BCUT2D eigenvalue weighted by Gasteiger charge is 2.25. The molecule has 8 heteroatoms. The van der Waals surface area contributed by atoms with Gasteiger partial charge < -0.3 is 9.73 Å². The molecule has 1 aliphatic rings. The van der Waals surface area contributed by atoms with Crippen molar-refractivity contribution in [1.82, 2.24) is 14.9 Å². The van der Waals surface area contributed by atoms with Crippen LogP contribution < -0.4 is 10.0 Å². The number of nitrogens with one attached hydrogen (secondary N) is 2. The van der Waals surface area contributed by atoms with E-state index in [9.17, 15) is 13.2 Å². The number of hydrogen-bond acceptors (Lipinski definition) is 5. The topological polar surface area (TPSA) is 91.6 Å². The van der Waals surface area contributed by atoms with Crippen LogP contribution in [0.3, 0.4) is 0 Å². The summed E-state index contributed by atoms with van der Waals surface area (Å²) in [6, 6.07) is 8.98. The first-order valence-corrected chi connectivity index (χ1v) is 12.0. The molecule has 1 aliphatic heterocycles. The number of likely N-dealkylation sites (tertiary alicyclic amines) is 1. The first-order valence-electron chi connectivity index (χ1n) is 10.5. The van der Waals surface area contributed by atoms with Gasteiger partial charge in [-0.2, -0.15) is 0 Å². The van der Waals surface area contributed by atoms with E-state index in [1.807, 2.05) is 25.1 Å². The lowest BCUT2D eigenvalue weighted by atomic mass is 10.1. The third-order valence-electron chi connectivity index (χ3n) is 5.46. The van der Waals surface area contributed by atoms with E-state index < -0.39 is 10.0 Å². The molecule has 1 amide bonds.